The summed E-state index contributed by atoms with van der Waals surface area (Å²) < 4.78 is 0. The lowest BCUT2D eigenvalue weighted by Crippen LogP contribution is -2.50. The highest BCUT2D eigenvalue weighted by molar-refractivity contribution is 5.74. The van der Waals surface area contributed by atoms with E-state index in [9.17, 15) is 4.79 Å². The molecule has 130 valence electrons. The minimum atomic E-state index is -0.0808. The molecule has 24 heavy (non-hydrogen) atoms. The van der Waals surface area contributed by atoms with Gasteiger partial charge in [0.15, 0.2) is 0 Å². The largest absolute Gasteiger partial charge is 0.395 e. The first kappa shape index (κ1) is 18.1. The van der Waals surface area contributed by atoms with Crippen LogP contribution in [0.1, 0.15) is 31.7 Å². The van der Waals surface area contributed by atoms with Crippen molar-refractivity contribution in [3.8, 4) is 6.07 Å². The standard InChI is InChI=1S/C18H26N4O2/c1-2-9-22(12-13-23)18(24)20-16-7-10-21(11-8-16)17-5-3-15(14-19)4-6-17/h3-6,16,23H,2,7-13H2,1H3,(H,20,24). The maximum atomic E-state index is 12.3. The molecule has 1 saturated heterocycles. The second kappa shape index (κ2) is 9.14. The number of benzene rings is 1. The summed E-state index contributed by atoms with van der Waals surface area (Å²) >= 11 is 0. The number of aliphatic hydroxyl groups is 1. The lowest BCUT2D eigenvalue weighted by molar-refractivity contribution is 0.172. The summed E-state index contributed by atoms with van der Waals surface area (Å²) in [6.45, 7) is 4.81. The average Bonchev–Trinajstić information content (AvgIpc) is 2.62. The summed E-state index contributed by atoms with van der Waals surface area (Å²) in [5.41, 5.74) is 1.78. The summed E-state index contributed by atoms with van der Waals surface area (Å²) in [6.07, 6.45) is 2.67. The van der Waals surface area contributed by atoms with Gasteiger partial charge in [-0.05, 0) is 43.5 Å². The molecule has 6 nitrogen and oxygen atoms in total. The highest BCUT2D eigenvalue weighted by Gasteiger charge is 2.22. The van der Waals surface area contributed by atoms with Crippen molar-refractivity contribution in [1.82, 2.24) is 10.2 Å². The van der Waals surface area contributed by atoms with Gasteiger partial charge in [-0.15, -0.1) is 0 Å². The molecule has 0 bridgehead atoms. The Morgan fingerprint density at radius 2 is 2.00 bits per heavy atom. The number of rotatable bonds is 6. The van der Waals surface area contributed by atoms with Crippen LogP contribution in [0.15, 0.2) is 24.3 Å². The molecule has 1 aliphatic heterocycles. The number of nitrogens with zero attached hydrogens (tertiary/aromatic N) is 3. The first-order chi connectivity index (χ1) is 11.7. The van der Waals surface area contributed by atoms with Crippen molar-refractivity contribution in [3.05, 3.63) is 29.8 Å². The smallest absolute Gasteiger partial charge is 0.317 e. The monoisotopic (exact) mass is 330 g/mol. The molecule has 0 atom stereocenters. The van der Waals surface area contributed by atoms with E-state index in [2.05, 4.69) is 16.3 Å². The van der Waals surface area contributed by atoms with Gasteiger partial charge in [0.25, 0.3) is 0 Å². The van der Waals surface area contributed by atoms with Crippen LogP contribution in [-0.2, 0) is 0 Å². The third-order valence-corrected chi connectivity index (χ3v) is 4.33. The van der Waals surface area contributed by atoms with Crippen molar-refractivity contribution < 1.29 is 9.90 Å². The van der Waals surface area contributed by atoms with Gasteiger partial charge in [0.05, 0.1) is 18.2 Å². The average molecular weight is 330 g/mol. The third-order valence-electron chi connectivity index (χ3n) is 4.33. The van der Waals surface area contributed by atoms with Gasteiger partial charge < -0.3 is 20.2 Å². The number of carbonyl (C=O) groups is 1. The minimum Gasteiger partial charge on any atom is -0.395 e. The maximum absolute atomic E-state index is 12.3. The van der Waals surface area contributed by atoms with E-state index in [0.29, 0.717) is 18.7 Å². The van der Waals surface area contributed by atoms with Crippen molar-refractivity contribution in [2.24, 2.45) is 0 Å². The van der Waals surface area contributed by atoms with Gasteiger partial charge in [0, 0.05) is 37.9 Å². The molecule has 1 aliphatic rings. The van der Waals surface area contributed by atoms with Crippen molar-refractivity contribution in [2.45, 2.75) is 32.2 Å². The van der Waals surface area contributed by atoms with Crippen molar-refractivity contribution in [3.63, 3.8) is 0 Å². The molecule has 0 saturated carbocycles. The molecule has 0 spiro atoms. The summed E-state index contributed by atoms with van der Waals surface area (Å²) in [5, 5.41) is 21.0. The van der Waals surface area contributed by atoms with Crippen LogP contribution < -0.4 is 10.2 Å². The van der Waals surface area contributed by atoms with E-state index in [1.165, 1.54) is 0 Å². The molecule has 0 unspecified atom stereocenters. The molecular formula is C18H26N4O2. The van der Waals surface area contributed by atoms with Gasteiger partial charge in [0.2, 0.25) is 0 Å². The van der Waals surface area contributed by atoms with E-state index in [0.717, 1.165) is 38.0 Å². The van der Waals surface area contributed by atoms with Crippen molar-refractivity contribution in [1.29, 1.82) is 5.26 Å². The van der Waals surface area contributed by atoms with Gasteiger partial charge in [-0.25, -0.2) is 4.79 Å². The van der Waals surface area contributed by atoms with Gasteiger partial charge >= 0.3 is 6.03 Å². The normalized spacial score (nSPS) is 15.0. The first-order valence-electron chi connectivity index (χ1n) is 8.59. The van der Waals surface area contributed by atoms with Gasteiger partial charge in [-0.2, -0.15) is 5.26 Å². The summed E-state index contributed by atoms with van der Waals surface area (Å²) in [7, 11) is 0. The zero-order valence-corrected chi connectivity index (χ0v) is 14.2. The molecule has 2 N–H and O–H groups in total. The highest BCUT2D eigenvalue weighted by Crippen LogP contribution is 2.20. The Hall–Kier alpha value is -2.26. The Bertz CT molecular complexity index is 553. The Balaban J connectivity index is 1.83. The van der Waals surface area contributed by atoms with Crippen LogP contribution in [-0.4, -0.2) is 54.9 Å². The second-order valence-electron chi connectivity index (χ2n) is 6.08. The Morgan fingerprint density at radius 3 is 2.54 bits per heavy atom. The first-order valence-corrected chi connectivity index (χ1v) is 8.59. The quantitative estimate of drug-likeness (QED) is 0.835. The van der Waals surface area contributed by atoms with Crippen LogP contribution in [0, 0.1) is 11.3 Å². The number of carbonyl (C=O) groups excluding carboxylic acids is 1. The Labute approximate surface area is 143 Å². The van der Waals surface area contributed by atoms with E-state index in [4.69, 9.17) is 10.4 Å². The fourth-order valence-corrected chi connectivity index (χ4v) is 3.00. The number of amides is 2. The van der Waals surface area contributed by atoms with Crippen LogP contribution in [0.3, 0.4) is 0 Å². The molecule has 1 fully saturated rings. The SMILES string of the molecule is CCCN(CCO)C(=O)NC1CCN(c2ccc(C#N)cc2)CC1. The van der Waals surface area contributed by atoms with E-state index in [-0.39, 0.29) is 18.7 Å². The van der Waals surface area contributed by atoms with E-state index in [1.807, 2.05) is 31.2 Å². The molecule has 0 radical (unpaired) electrons. The zero-order valence-electron chi connectivity index (χ0n) is 14.2. The van der Waals surface area contributed by atoms with Crippen LogP contribution in [0.25, 0.3) is 0 Å². The molecule has 6 heteroatoms. The third kappa shape index (κ3) is 4.87. The number of hydrogen-bond acceptors (Lipinski definition) is 4. The number of nitriles is 1. The maximum Gasteiger partial charge on any atom is 0.317 e. The number of hydrogen-bond donors (Lipinski definition) is 2. The minimum absolute atomic E-state index is 0.00937. The van der Waals surface area contributed by atoms with Gasteiger partial charge in [-0.1, -0.05) is 6.92 Å². The fraction of sp³-hybridized carbons (Fsp3) is 0.556. The number of aliphatic hydroxyl groups excluding tert-OH is 1. The molecule has 0 aliphatic carbocycles. The molecule has 1 heterocycles. The predicted octanol–water partition coefficient (Wildman–Crippen LogP) is 1.94. The molecule has 2 rings (SSSR count). The number of nitrogens with one attached hydrogen (secondary N) is 1. The van der Waals surface area contributed by atoms with Crippen molar-refractivity contribution in [2.75, 3.05) is 37.7 Å². The van der Waals surface area contributed by atoms with Crippen LogP contribution in [0.5, 0.6) is 0 Å². The molecule has 0 aromatic heterocycles. The number of piperidine rings is 1. The highest BCUT2D eigenvalue weighted by atomic mass is 16.3. The Morgan fingerprint density at radius 1 is 1.33 bits per heavy atom. The fourth-order valence-electron chi connectivity index (χ4n) is 3.00. The number of urea groups is 1. The predicted molar refractivity (Wildman–Crippen MR) is 93.9 cm³/mol. The lowest BCUT2D eigenvalue weighted by atomic mass is 10.0. The van der Waals surface area contributed by atoms with E-state index in [1.54, 1.807) is 4.90 Å². The molecule has 1 aromatic carbocycles. The van der Waals surface area contributed by atoms with E-state index < -0.39 is 0 Å². The van der Waals surface area contributed by atoms with E-state index >= 15 is 0 Å². The van der Waals surface area contributed by atoms with Gasteiger partial charge in [0.1, 0.15) is 0 Å². The summed E-state index contributed by atoms with van der Waals surface area (Å²) in [5.74, 6) is 0. The number of anilines is 1. The van der Waals surface area contributed by atoms with Gasteiger partial charge in [-0.3, -0.25) is 0 Å². The molecular weight excluding hydrogens is 304 g/mol. The van der Waals surface area contributed by atoms with Crippen LogP contribution in [0.4, 0.5) is 10.5 Å². The lowest BCUT2D eigenvalue weighted by Gasteiger charge is -2.35. The second-order valence-corrected chi connectivity index (χ2v) is 6.08. The molecule has 1 aromatic rings. The summed E-state index contributed by atoms with van der Waals surface area (Å²) in [6, 6.07) is 9.83. The summed E-state index contributed by atoms with van der Waals surface area (Å²) in [4.78, 5) is 16.2. The Kier molecular flexibility index (Phi) is 6.89. The molecule has 2 amide bonds. The van der Waals surface area contributed by atoms with Crippen molar-refractivity contribution >= 4 is 11.7 Å². The topological polar surface area (TPSA) is 79.6 Å². The van der Waals surface area contributed by atoms with Crippen LogP contribution in [0.2, 0.25) is 0 Å². The van der Waals surface area contributed by atoms with Crippen LogP contribution >= 0.6 is 0 Å². The zero-order chi connectivity index (χ0) is 17.4.